The smallest absolute Gasteiger partial charge is 0.354 e. The van der Waals surface area contributed by atoms with Gasteiger partial charge in [0.05, 0.1) is 5.52 Å². The van der Waals surface area contributed by atoms with Crippen molar-refractivity contribution in [1.29, 1.82) is 0 Å². The van der Waals surface area contributed by atoms with Crippen LogP contribution in [0, 0.1) is 5.92 Å². The molecule has 1 heterocycles. The topological polar surface area (TPSA) is 62.2 Å². The van der Waals surface area contributed by atoms with E-state index in [0.717, 1.165) is 30.5 Å². The molecule has 0 unspecified atom stereocenters. The fourth-order valence-electron chi connectivity index (χ4n) is 2.16. The molecule has 4 heteroatoms. The number of carboxylic acid groups (broad SMARTS) is 1. The Bertz CT molecular complexity index is 608. The van der Waals surface area contributed by atoms with Crippen molar-refractivity contribution >= 4 is 22.6 Å². The Hall–Kier alpha value is -2.10. The highest BCUT2D eigenvalue weighted by Gasteiger charge is 2.10. The number of carbonyl (C=O) groups is 1. The van der Waals surface area contributed by atoms with Gasteiger partial charge in [-0.2, -0.15) is 0 Å². The third kappa shape index (κ3) is 3.47. The molecular weight excluding hydrogens is 252 g/mol. The van der Waals surface area contributed by atoms with Crippen LogP contribution < -0.4 is 5.32 Å². The number of rotatable bonds is 6. The number of nitrogens with zero attached hydrogens (tertiary/aromatic N) is 1. The van der Waals surface area contributed by atoms with Crippen LogP contribution in [-0.2, 0) is 0 Å². The average molecular weight is 272 g/mol. The van der Waals surface area contributed by atoms with E-state index in [4.69, 9.17) is 5.11 Å². The zero-order valence-corrected chi connectivity index (χ0v) is 11.9. The normalized spacial score (nSPS) is 10.9. The van der Waals surface area contributed by atoms with E-state index in [1.165, 1.54) is 0 Å². The largest absolute Gasteiger partial charge is 0.477 e. The number of aromatic carboxylic acids is 1. The highest BCUT2D eigenvalue weighted by Crippen LogP contribution is 2.23. The Labute approximate surface area is 118 Å². The van der Waals surface area contributed by atoms with Gasteiger partial charge in [0.2, 0.25) is 0 Å². The summed E-state index contributed by atoms with van der Waals surface area (Å²) in [6.07, 6.45) is 2.22. The molecule has 4 nitrogen and oxygen atoms in total. The first-order valence-electron chi connectivity index (χ1n) is 6.95. The van der Waals surface area contributed by atoms with Crippen LogP contribution >= 0.6 is 0 Å². The van der Waals surface area contributed by atoms with Crippen molar-refractivity contribution in [1.82, 2.24) is 4.98 Å². The first kappa shape index (κ1) is 14.3. The molecule has 0 bridgehead atoms. The van der Waals surface area contributed by atoms with Crippen molar-refractivity contribution in [2.75, 3.05) is 11.9 Å². The molecule has 2 N–H and O–H groups in total. The number of benzene rings is 1. The molecule has 0 saturated heterocycles. The van der Waals surface area contributed by atoms with E-state index < -0.39 is 5.97 Å². The average Bonchev–Trinajstić information content (AvgIpc) is 2.42. The van der Waals surface area contributed by atoms with Gasteiger partial charge in [0.1, 0.15) is 0 Å². The number of hydrogen-bond acceptors (Lipinski definition) is 3. The van der Waals surface area contributed by atoms with Gasteiger partial charge in [0.15, 0.2) is 5.69 Å². The highest BCUT2D eigenvalue weighted by atomic mass is 16.4. The van der Waals surface area contributed by atoms with Crippen LogP contribution in [-0.4, -0.2) is 22.6 Å². The Morgan fingerprint density at radius 2 is 2.10 bits per heavy atom. The Balaban J connectivity index is 2.23. The summed E-state index contributed by atoms with van der Waals surface area (Å²) >= 11 is 0. The molecule has 0 atom stereocenters. The second kappa shape index (κ2) is 6.37. The number of carboxylic acids is 1. The Morgan fingerprint density at radius 1 is 1.35 bits per heavy atom. The van der Waals surface area contributed by atoms with Crippen LogP contribution in [0.1, 0.15) is 37.2 Å². The van der Waals surface area contributed by atoms with Crippen LogP contribution in [0.5, 0.6) is 0 Å². The molecule has 0 saturated carbocycles. The van der Waals surface area contributed by atoms with E-state index in [2.05, 4.69) is 24.1 Å². The van der Waals surface area contributed by atoms with Gasteiger partial charge in [-0.25, -0.2) is 9.78 Å². The molecule has 1 aromatic carbocycles. The quantitative estimate of drug-likeness (QED) is 0.785. The van der Waals surface area contributed by atoms with E-state index in [1.54, 1.807) is 6.07 Å². The van der Waals surface area contributed by atoms with E-state index in [9.17, 15) is 4.79 Å². The molecule has 2 aromatic rings. The van der Waals surface area contributed by atoms with Crippen molar-refractivity contribution in [3.8, 4) is 0 Å². The van der Waals surface area contributed by atoms with Crippen molar-refractivity contribution < 1.29 is 9.90 Å². The van der Waals surface area contributed by atoms with Gasteiger partial charge in [0, 0.05) is 17.6 Å². The maximum Gasteiger partial charge on any atom is 0.354 e. The lowest BCUT2D eigenvalue weighted by Crippen LogP contribution is -2.07. The predicted octanol–water partition coefficient (Wildman–Crippen LogP) is 3.78. The number of aromatic nitrogens is 1. The summed E-state index contributed by atoms with van der Waals surface area (Å²) in [6.45, 7) is 5.24. The van der Waals surface area contributed by atoms with Crippen LogP contribution in [0.2, 0.25) is 0 Å². The number of para-hydroxylation sites is 1. The molecule has 0 aliphatic carbocycles. The summed E-state index contributed by atoms with van der Waals surface area (Å²) in [7, 11) is 0. The molecule has 20 heavy (non-hydrogen) atoms. The Kier molecular flexibility index (Phi) is 4.56. The lowest BCUT2D eigenvalue weighted by molar-refractivity contribution is 0.0691. The van der Waals surface area contributed by atoms with Crippen LogP contribution in [0.4, 0.5) is 5.69 Å². The van der Waals surface area contributed by atoms with Crippen molar-refractivity contribution in [2.45, 2.75) is 26.7 Å². The minimum absolute atomic E-state index is 0.0788. The second-order valence-electron chi connectivity index (χ2n) is 5.34. The minimum Gasteiger partial charge on any atom is -0.477 e. The van der Waals surface area contributed by atoms with Crippen molar-refractivity contribution in [3.05, 3.63) is 36.0 Å². The van der Waals surface area contributed by atoms with E-state index in [-0.39, 0.29) is 5.69 Å². The molecule has 2 rings (SSSR count). The number of nitrogens with one attached hydrogen (secondary N) is 1. The molecule has 0 aliphatic rings. The zero-order valence-electron chi connectivity index (χ0n) is 11.9. The van der Waals surface area contributed by atoms with Crippen molar-refractivity contribution in [2.24, 2.45) is 5.92 Å². The molecule has 0 radical (unpaired) electrons. The van der Waals surface area contributed by atoms with Crippen LogP contribution in [0.3, 0.4) is 0 Å². The first-order chi connectivity index (χ1) is 9.58. The van der Waals surface area contributed by atoms with Crippen LogP contribution in [0.25, 0.3) is 10.9 Å². The van der Waals surface area contributed by atoms with Crippen molar-refractivity contribution in [3.63, 3.8) is 0 Å². The number of hydrogen-bond donors (Lipinski definition) is 2. The van der Waals surface area contributed by atoms with Gasteiger partial charge < -0.3 is 10.4 Å². The van der Waals surface area contributed by atoms with Gasteiger partial charge >= 0.3 is 5.97 Å². The maximum atomic E-state index is 11.1. The fourth-order valence-corrected chi connectivity index (χ4v) is 2.16. The van der Waals surface area contributed by atoms with Gasteiger partial charge in [0.25, 0.3) is 0 Å². The molecule has 106 valence electrons. The van der Waals surface area contributed by atoms with Gasteiger partial charge in [-0.15, -0.1) is 0 Å². The summed E-state index contributed by atoms with van der Waals surface area (Å²) in [5.74, 6) is -0.318. The molecular formula is C16H20N2O2. The minimum atomic E-state index is -0.999. The van der Waals surface area contributed by atoms with Gasteiger partial charge in [-0.3, -0.25) is 0 Å². The fraction of sp³-hybridized carbons (Fsp3) is 0.375. The summed E-state index contributed by atoms with van der Waals surface area (Å²) < 4.78 is 0. The lowest BCUT2D eigenvalue weighted by Gasteiger charge is -2.11. The summed E-state index contributed by atoms with van der Waals surface area (Å²) in [4.78, 5) is 15.3. The molecule has 0 amide bonds. The molecule has 0 aliphatic heterocycles. The summed E-state index contributed by atoms with van der Waals surface area (Å²) in [5, 5.41) is 13.4. The molecule has 1 aromatic heterocycles. The summed E-state index contributed by atoms with van der Waals surface area (Å²) in [5.41, 5.74) is 1.63. The van der Waals surface area contributed by atoms with Crippen LogP contribution in [0.15, 0.2) is 30.3 Å². The zero-order chi connectivity index (χ0) is 14.5. The standard InChI is InChI=1S/C16H20N2O2/c1-11(2)6-5-9-17-14-10-15(16(19)20)18-13-8-4-3-7-12(13)14/h3-4,7-8,10-11H,5-6,9H2,1-2H3,(H,17,18)(H,19,20). The second-order valence-corrected chi connectivity index (χ2v) is 5.34. The number of anilines is 1. The third-order valence-corrected chi connectivity index (χ3v) is 3.21. The first-order valence-corrected chi connectivity index (χ1v) is 6.95. The molecule has 0 fully saturated rings. The SMILES string of the molecule is CC(C)CCCNc1cc(C(=O)O)nc2ccccc12. The van der Waals surface area contributed by atoms with Gasteiger partial charge in [-0.05, 0) is 30.9 Å². The van der Waals surface area contributed by atoms with E-state index >= 15 is 0 Å². The Morgan fingerprint density at radius 3 is 2.80 bits per heavy atom. The number of pyridine rings is 1. The number of fused-ring (bicyclic) bond motifs is 1. The highest BCUT2D eigenvalue weighted by molar-refractivity contribution is 5.97. The van der Waals surface area contributed by atoms with E-state index in [1.807, 2.05) is 24.3 Å². The third-order valence-electron chi connectivity index (χ3n) is 3.21. The maximum absolute atomic E-state index is 11.1. The molecule has 0 spiro atoms. The monoisotopic (exact) mass is 272 g/mol. The van der Waals surface area contributed by atoms with Gasteiger partial charge in [-0.1, -0.05) is 32.0 Å². The summed E-state index contributed by atoms with van der Waals surface area (Å²) in [6, 6.07) is 9.20. The lowest BCUT2D eigenvalue weighted by atomic mass is 10.1. The predicted molar refractivity (Wildman–Crippen MR) is 81.3 cm³/mol. The van der Waals surface area contributed by atoms with E-state index in [0.29, 0.717) is 11.4 Å².